The molecule has 6 heteroatoms. The van der Waals surface area contributed by atoms with Gasteiger partial charge in [-0.1, -0.05) is 0 Å². The van der Waals surface area contributed by atoms with Crippen LogP contribution in [-0.2, 0) is 0 Å². The third kappa shape index (κ3) is 1.77. The predicted molar refractivity (Wildman–Crippen MR) is 48.3 cm³/mol. The van der Waals surface area contributed by atoms with Crippen LogP contribution in [0, 0.1) is 0 Å². The zero-order valence-corrected chi connectivity index (χ0v) is 7.95. The fourth-order valence-corrected chi connectivity index (χ4v) is 1.36. The molecule has 0 amide bonds. The van der Waals surface area contributed by atoms with Crippen molar-refractivity contribution in [3.05, 3.63) is 16.9 Å². The fourth-order valence-electron chi connectivity index (χ4n) is 0.843. The summed E-state index contributed by atoms with van der Waals surface area (Å²) < 4.78 is 5.27. The standard InChI is InChI=1S/C6H7BBrNO3/c1-12-4-2-3-9-6(8)5(4)7(10)11/h2-3,10-11H,1H3. The number of halogens is 1. The third-order valence-corrected chi connectivity index (χ3v) is 2.01. The van der Waals surface area contributed by atoms with Crippen LogP contribution < -0.4 is 10.2 Å². The summed E-state index contributed by atoms with van der Waals surface area (Å²) in [7, 11) is -0.128. The molecule has 0 bridgehead atoms. The molecule has 0 unspecified atom stereocenters. The van der Waals surface area contributed by atoms with Gasteiger partial charge in [0.15, 0.2) is 0 Å². The van der Waals surface area contributed by atoms with Crippen molar-refractivity contribution in [2.24, 2.45) is 0 Å². The zero-order valence-electron chi connectivity index (χ0n) is 6.36. The highest BCUT2D eigenvalue weighted by atomic mass is 79.9. The summed E-state index contributed by atoms with van der Waals surface area (Å²) in [5.74, 6) is 0.395. The van der Waals surface area contributed by atoms with E-state index in [1.165, 1.54) is 13.3 Å². The Morgan fingerprint density at radius 2 is 2.25 bits per heavy atom. The number of nitrogens with zero attached hydrogens (tertiary/aromatic N) is 1. The van der Waals surface area contributed by atoms with Gasteiger partial charge in [-0.15, -0.1) is 0 Å². The molecule has 64 valence electrons. The number of rotatable bonds is 2. The average molecular weight is 232 g/mol. The van der Waals surface area contributed by atoms with Crippen LogP contribution in [0.25, 0.3) is 0 Å². The van der Waals surface area contributed by atoms with Gasteiger partial charge in [0.25, 0.3) is 0 Å². The Labute approximate surface area is 78.5 Å². The van der Waals surface area contributed by atoms with Crippen molar-refractivity contribution in [2.75, 3.05) is 7.11 Å². The second kappa shape index (κ2) is 3.89. The first-order valence-electron chi connectivity index (χ1n) is 3.21. The quantitative estimate of drug-likeness (QED) is 0.534. The maximum atomic E-state index is 8.92. The molecule has 1 heterocycles. The molecule has 0 saturated carbocycles. The molecule has 1 rings (SSSR count). The van der Waals surface area contributed by atoms with Gasteiger partial charge in [-0.3, -0.25) is 0 Å². The lowest BCUT2D eigenvalue weighted by atomic mass is 9.81. The Balaban J connectivity index is 3.20. The summed E-state index contributed by atoms with van der Waals surface area (Å²) in [6.45, 7) is 0. The van der Waals surface area contributed by atoms with E-state index in [1.54, 1.807) is 6.07 Å². The molecule has 0 fully saturated rings. The average Bonchev–Trinajstić information content (AvgIpc) is 2.03. The Bertz CT molecular complexity index is 281. The first-order valence-corrected chi connectivity index (χ1v) is 4.00. The molecule has 2 N–H and O–H groups in total. The number of hydrogen-bond donors (Lipinski definition) is 2. The van der Waals surface area contributed by atoms with Crippen LogP contribution in [0.1, 0.15) is 0 Å². The minimum atomic E-state index is -1.58. The highest BCUT2D eigenvalue weighted by Gasteiger charge is 2.20. The lowest BCUT2D eigenvalue weighted by Gasteiger charge is -2.07. The maximum Gasteiger partial charge on any atom is 0.495 e. The number of ether oxygens (including phenoxy) is 1. The molecule has 4 nitrogen and oxygen atoms in total. The third-order valence-electron chi connectivity index (χ3n) is 1.38. The molecular formula is C6H7BBrNO3. The smallest absolute Gasteiger partial charge is 0.495 e. The number of pyridine rings is 1. The molecule has 12 heavy (non-hydrogen) atoms. The SMILES string of the molecule is COc1ccnc(Br)c1B(O)O. The molecule has 0 aliphatic carbocycles. The summed E-state index contributed by atoms with van der Waals surface area (Å²) in [6, 6.07) is 1.56. The molecule has 0 aliphatic rings. The molecule has 0 spiro atoms. The Morgan fingerprint density at radius 1 is 1.58 bits per heavy atom. The van der Waals surface area contributed by atoms with E-state index in [-0.39, 0.29) is 5.46 Å². The summed E-state index contributed by atoms with van der Waals surface area (Å²) in [6.07, 6.45) is 1.51. The van der Waals surface area contributed by atoms with E-state index >= 15 is 0 Å². The van der Waals surface area contributed by atoms with Crippen molar-refractivity contribution in [3.63, 3.8) is 0 Å². The van der Waals surface area contributed by atoms with E-state index in [0.29, 0.717) is 10.4 Å². The van der Waals surface area contributed by atoms with Gasteiger partial charge in [-0.25, -0.2) is 4.98 Å². The number of methoxy groups -OCH3 is 1. The van der Waals surface area contributed by atoms with Gasteiger partial charge in [-0.05, 0) is 22.0 Å². The van der Waals surface area contributed by atoms with E-state index in [1.807, 2.05) is 0 Å². The molecule has 0 aromatic carbocycles. The summed E-state index contributed by atoms with van der Waals surface area (Å²) in [5, 5.41) is 17.8. The van der Waals surface area contributed by atoms with Gasteiger partial charge < -0.3 is 14.8 Å². The largest absolute Gasteiger partial charge is 0.497 e. The van der Waals surface area contributed by atoms with Gasteiger partial charge in [0, 0.05) is 6.20 Å². The molecule has 1 aromatic rings. The van der Waals surface area contributed by atoms with E-state index in [4.69, 9.17) is 14.8 Å². The van der Waals surface area contributed by atoms with Crippen LogP contribution in [0.3, 0.4) is 0 Å². The Kier molecular flexibility index (Phi) is 3.08. The van der Waals surface area contributed by atoms with Gasteiger partial charge in [0.1, 0.15) is 10.4 Å². The molecule has 0 atom stereocenters. The number of aromatic nitrogens is 1. The van der Waals surface area contributed by atoms with Crippen molar-refractivity contribution >= 4 is 28.5 Å². The van der Waals surface area contributed by atoms with Gasteiger partial charge in [0.2, 0.25) is 0 Å². The number of hydrogen-bond acceptors (Lipinski definition) is 4. The van der Waals surface area contributed by atoms with Gasteiger partial charge in [-0.2, -0.15) is 0 Å². The van der Waals surface area contributed by atoms with E-state index in [0.717, 1.165) is 0 Å². The van der Waals surface area contributed by atoms with Gasteiger partial charge >= 0.3 is 7.12 Å². The monoisotopic (exact) mass is 231 g/mol. The van der Waals surface area contributed by atoms with Crippen molar-refractivity contribution in [2.45, 2.75) is 0 Å². The Morgan fingerprint density at radius 3 is 2.67 bits per heavy atom. The second-order valence-electron chi connectivity index (χ2n) is 2.09. The first-order chi connectivity index (χ1) is 5.66. The fraction of sp³-hybridized carbons (Fsp3) is 0.167. The lowest BCUT2D eigenvalue weighted by molar-refractivity contribution is 0.402. The van der Waals surface area contributed by atoms with E-state index in [2.05, 4.69) is 20.9 Å². The van der Waals surface area contributed by atoms with Crippen LogP contribution in [0.2, 0.25) is 0 Å². The molecule has 0 saturated heterocycles. The zero-order chi connectivity index (χ0) is 9.14. The van der Waals surface area contributed by atoms with Crippen LogP contribution in [0.5, 0.6) is 5.75 Å². The minimum absolute atomic E-state index is 0.236. The molecule has 1 aromatic heterocycles. The first kappa shape index (κ1) is 9.50. The van der Waals surface area contributed by atoms with Crippen molar-refractivity contribution in [3.8, 4) is 5.75 Å². The summed E-state index contributed by atoms with van der Waals surface area (Å²) >= 11 is 3.08. The van der Waals surface area contributed by atoms with E-state index < -0.39 is 7.12 Å². The molecule has 0 aliphatic heterocycles. The van der Waals surface area contributed by atoms with Gasteiger partial charge in [0.05, 0.1) is 12.6 Å². The van der Waals surface area contributed by atoms with Crippen LogP contribution in [-0.4, -0.2) is 29.3 Å². The van der Waals surface area contributed by atoms with Crippen molar-refractivity contribution < 1.29 is 14.8 Å². The summed E-state index contributed by atoms with van der Waals surface area (Å²) in [4.78, 5) is 3.83. The topological polar surface area (TPSA) is 62.6 Å². The Hall–Kier alpha value is -0.585. The minimum Gasteiger partial charge on any atom is -0.497 e. The highest BCUT2D eigenvalue weighted by molar-refractivity contribution is 9.10. The van der Waals surface area contributed by atoms with E-state index in [9.17, 15) is 0 Å². The van der Waals surface area contributed by atoms with Crippen molar-refractivity contribution in [1.82, 2.24) is 4.98 Å². The van der Waals surface area contributed by atoms with Crippen molar-refractivity contribution in [1.29, 1.82) is 0 Å². The van der Waals surface area contributed by atoms with Crippen LogP contribution in [0.15, 0.2) is 16.9 Å². The lowest BCUT2D eigenvalue weighted by Crippen LogP contribution is -2.32. The molecule has 0 radical (unpaired) electrons. The van der Waals surface area contributed by atoms with Crippen LogP contribution in [0.4, 0.5) is 0 Å². The second-order valence-corrected chi connectivity index (χ2v) is 2.84. The predicted octanol–water partition coefficient (Wildman–Crippen LogP) is -0.468. The molecular weight excluding hydrogens is 225 g/mol. The highest BCUT2D eigenvalue weighted by Crippen LogP contribution is 2.12. The maximum absolute atomic E-state index is 8.92. The summed E-state index contributed by atoms with van der Waals surface area (Å²) in [5.41, 5.74) is 0.236. The normalized spacial score (nSPS) is 9.67. The van der Waals surface area contributed by atoms with Crippen LogP contribution >= 0.6 is 15.9 Å².